The quantitative estimate of drug-likeness (QED) is 0.811. The van der Waals surface area contributed by atoms with Crippen molar-refractivity contribution >= 4 is 23.8 Å². The zero-order valence-corrected chi connectivity index (χ0v) is 12.9. The first-order chi connectivity index (χ1) is 9.20. The Morgan fingerprint density at radius 2 is 2.00 bits per heavy atom. The van der Waals surface area contributed by atoms with E-state index in [4.69, 9.17) is 0 Å². The molecule has 2 amide bonds. The number of carbonyl (C=O) groups is 2. The summed E-state index contributed by atoms with van der Waals surface area (Å²) < 4.78 is 0. The van der Waals surface area contributed by atoms with Crippen molar-refractivity contribution in [3.63, 3.8) is 0 Å². The van der Waals surface area contributed by atoms with Crippen LogP contribution in [0.1, 0.15) is 26.7 Å². The number of carboxylic acid groups (broad SMARTS) is 1. The highest BCUT2D eigenvalue weighted by Crippen LogP contribution is 2.45. The summed E-state index contributed by atoms with van der Waals surface area (Å²) in [5.74, 6) is -0.0898. The molecule has 1 aliphatic carbocycles. The zero-order valence-electron chi connectivity index (χ0n) is 12.1. The lowest BCUT2D eigenvalue weighted by Gasteiger charge is -2.34. The molecule has 2 unspecified atom stereocenters. The van der Waals surface area contributed by atoms with Gasteiger partial charge in [-0.05, 0) is 32.6 Å². The standard InChI is InChI=1S/C13H22N2O4S/c1-13(2,19)7-14(3)12(18)15-9(11(16)17)6-20-10(15)8-4-5-8/h8-10,19H,4-7H2,1-3H3,(H,16,17). The molecule has 2 aliphatic rings. The number of likely N-dealkylation sites (N-methyl/N-ethyl adjacent to an activating group) is 1. The predicted octanol–water partition coefficient (Wildman–Crippen LogP) is 1.05. The van der Waals surface area contributed by atoms with Crippen LogP contribution in [0, 0.1) is 5.92 Å². The lowest BCUT2D eigenvalue weighted by atomic mass is 10.1. The minimum Gasteiger partial charge on any atom is -0.480 e. The molecule has 1 saturated carbocycles. The summed E-state index contributed by atoms with van der Waals surface area (Å²) in [5.41, 5.74) is -0.995. The topological polar surface area (TPSA) is 81.1 Å². The molecule has 2 N–H and O–H groups in total. The average molecular weight is 302 g/mol. The average Bonchev–Trinajstić information content (AvgIpc) is 3.04. The lowest BCUT2D eigenvalue weighted by molar-refractivity contribution is -0.141. The minimum atomic E-state index is -0.995. The van der Waals surface area contributed by atoms with Gasteiger partial charge in [0.2, 0.25) is 0 Å². The molecule has 114 valence electrons. The summed E-state index contributed by atoms with van der Waals surface area (Å²) in [7, 11) is 1.60. The molecule has 20 heavy (non-hydrogen) atoms. The first-order valence-electron chi connectivity index (χ1n) is 6.81. The van der Waals surface area contributed by atoms with Crippen LogP contribution in [0.4, 0.5) is 4.79 Å². The van der Waals surface area contributed by atoms with Crippen molar-refractivity contribution in [2.24, 2.45) is 5.92 Å². The second-order valence-corrected chi connectivity index (χ2v) is 7.42. The van der Waals surface area contributed by atoms with Crippen LogP contribution >= 0.6 is 11.8 Å². The Balaban J connectivity index is 2.12. The number of hydrogen-bond acceptors (Lipinski definition) is 4. The summed E-state index contributed by atoms with van der Waals surface area (Å²) >= 11 is 1.56. The first-order valence-corrected chi connectivity index (χ1v) is 7.86. The van der Waals surface area contributed by atoms with E-state index >= 15 is 0 Å². The molecule has 1 aliphatic heterocycles. The fourth-order valence-electron chi connectivity index (χ4n) is 2.55. The van der Waals surface area contributed by atoms with E-state index in [1.165, 1.54) is 9.80 Å². The molecule has 0 aromatic rings. The van der Waals surface area contributed by atoms with Gasteiger partial charge in [-0.25, -0.2) is 9.59 Å². The fraction of sp³-hybridized carbons (Fsp3) is 0.846. The minimum absolute atomic E-state index is 0.0344. The summed E-state index contributed by atoms with van der Waals surface area (Å²) in [6, 6.07) is -1.07. The summed E-state index contributed by atoms with van der Waals surface area (Å²) in [5, 5.41) is 19.1. The van der Waals surface area contributed by atoms with Gasteiger partial charge in [0.15, 0.2) is 0 Å². The molecule has 2 rings (SSSR count). The monoisotopic (exact) mass is 302 g/mol. The third kappa shape index (κ3) is 3.38. The van der Waals surface area contributed by atoms with Gasteiger partial charge in [-0.2, -0.15) is 0 Å². The molecule has 0 radical (unpaired) electrons. The van der Waals surface area contributed by atoms with Crippen molar-refractivity contribution in [1.82, 2.24) is 9.80 Å². The van der Waals surface area contributed by atoms with Gasteiger partial charge in [0.05, 0.1) is 17.5 Å². The number of amides is 2. The van der Waals surface area contributed by atoms with Gasteiger partial charge in [0, 0.05) is 12.8 Å². The number of urea groups is 1. The molecule has 2 fully saturated rings. The Morgan fingerprint density at radius 1 is 1.40 bits per heavy atom. The summed E-state index contributed by atoms with van der Waals surface area (Å²) in [6.07, 6.45) is 2.12. The van der Waals surface area contributed by atoms with Gasteiger partial charge in [0.1, 0.15) is 6.04 Å². The van der Waals surface area contributed by atoms with Crippen LogP contribution < -0.4 is 0 Å². The van der Waals surface area contributed by atoms with Gasteiger partial charge >= 0.3 is 12.0 Å². The van der Waals surface area contributed by atoms with Crippen LogP contribution in [-0.4, -0.2) is 68.4 Å². The molecular weight excluding hydrogens is 280 g/mol. The number of rotatable bonds is 4. The number of thioether (sulfide) groups is 1. The predicted molar refractivity (Wildman–Crippen MR) is 76.6 cm³/mol. The highest BCUT2D eigenvalue weighted by molar-refractivity contribution is 8.00. The normalized spacial score (nSPS) is 26.7. The van der Waals surface area contributed by atoms with Crippen LogP contribution in [0.2, 0.25) is 0 Å². The Labute approximate surface area is 123 Å². The van der Waals surface area contributed by atoms with Gasteiger partial charge in [-0.15, -0.1) is 11.8 Å². The van der Waals surface area contributed by atoms with E-state index in [-0.39, 0.29) is 17.9 Å². The van der Waals surface area contributed by atoms with Crippen LogP contribution in [0.3, 0.4) is 0 Å². The summed E-state index contributed by atoms with van der Waals surface area (Å²) in [4.78, 5) is 26.8. The largest absolute Gasteiger partial charge is 0.480 e. The molecule has 2 atom stereocenters. The van der Waals surface area contributed by atoms with Crippen molar-refractivity contribution in [2.45, 2.75) is 43.7 Å². The second-order valence-electron chi connectivity index (χ2n) is 6.27. The van der Waals surface area contributed by atoms with E-state index in [0.29, 0.717) is 11.7 Å². The molecule has 0 aromatic heterocycles. The maximum Gasteiger partial charge on any atom is 0.327 e. The number of hydrogen-bond donors (Lipinski definition) is 2. The third-order valence-corrected chi connectivity index (χ3v) is 4.98. The van der Waals surface area contributed by atoms with Crippen LogP contribution in [0.15, 0.2) is 0 Å². The molecular formula is C13H22N2O4S. The van der Waals surface area contributed by atoms with E-state index in [0.717, 1.165) is 12.8 Å². The van der Waals surface area contributed by atoms with Gasteiger partial charge < -0.3 is 15.1 Å². The summed E-state index contributed by atoms with van der Waals surface area (Å²) in [6.45, 7) is 3.43. The fourth-order valence-corrected chi connectivity index (χ4v) is 4.17. The van der Waals surface area contributed by atoms with Crippen molar-refractivity contribution in [1.29, 1.82) is 0 Å². The van der Waals surface area contributed by atoms with E-state index in [9.17, 15) is 19.8 Å². The van der Waals surface area contributed by atoms with Crippen molar-refractivity contribution in [3.05, 3.63) is 0 Å². The van der Waals surface area contributed by atoms with E-state index < -0.39 is 17.6 Å². The van der Waals surface area contributed by atoms with Crippen LogP contribution in [-0.2, 0) is 4.79 Å². The first kappa shape index (κ1) is 15.4. The van der Waals surface area contributed by atoms with Crippen molar-refractivity contribution in [2.75, 3.05) is 19.3 Å². The number of carbonyl (C=O) groups excluding carboxylic acids is 1. The lowest BCUT2D eigenvalue weighted by Crippen LogP contribution is -2.53. The highest BCUT2D eigenvalue weighted by atomic mass is 32.2. The Kier molecular flexibility index (Phi) is 4.20. The van der Waals surface area contributed by atoms with Crippen LogP contribution in [0.25, 0.3) is 0 Å². The number of aliphatic hydroxyl groups is 1. The molecule has 0 bridgehead atoms. The van der Waals surface area contributed by atoms with Gasteiger partial charge in [-0.1, -0.05) is 0 Å². The molecule has 7 heteroatoms. The van der Waals surface area contributed by atoms with E-state index in [2.05, 4.69) is 0 Å². The Morgan fingerprint density at radius 3 is 2.45 bits per heavy atom. The molecule has 0 aromatic carbocycles. The number of carboxylic acids is 1. The van der Waals surface area contributed by atoms with E-state index in [1.807, 2.05) is 0 Å². The Bertz CT molecular complexity index is 406. The SMILES string of the molecule is CN(CC(C)(C)O)C(=O)N1C(C(=O)O)CSC1C1CC1. The smallest absolute Gasteiger partial charge is 0.327 e. The zero-order chi connectivity index (χ0) is 15.1. The van der Waals surface area contributed by atoms with Crippen LogP contribution in [0.5, 0.6) is 0 Å². The number of nitrogens with zero attached hydrogens (tertiary/aromatic N) is 2. The third-order valence-electron chi connectivity index (χ3n) is 3.52. The van der Waals surface area contributed by atoms with Gasteiger partial charge in [0.25, 0.3) is 0 Å². The molecule has 1 heterocycles. The second kappa shape index (κ2) is 5.44. The maximum atomic E-state index is 12.5. The van der Waals surface area contributed by atoms with Gasteiger partial charge in [-0.3, -0.25) is 4.90 Å². The Hall–Kier alpha value is -0.950. The molecule has 1 saturated heterocycles. The maximum absolute atomic E-state index is 12.5. The molecule has 6 nitrogen and oxygen atoms in total. The van der Waals surface area contributed by atoms with E-state index in [1.54, 1.807) is 32.7 Å². The molecule has 0 spiro atoms. The highest BCUT2D eigenvalue weighted by Gasteiger charge is 2.49. The number of aliphatic carboxylic acids is 1. The van der Waals surface area contributed by atoms with Crippen molar-refractivity contribution in [3.8, 4) is 0 Å². The van der Waals surface area contributed by atoms with Crippen molar-refractivity contribution < 1.29 is 19.8 Å².